The lowest BCUT2D eigenvalue weighted by molar-refractivity contribution is 0.0527. The summed E-state index contributed by atoms with van der Waals surface area (Å²) in [6.07, 6.45) is 4.00. The number of hydrogen-bond acceptors (Lipinski definition) is 4. The maximum atomic E-state index is 5.68. The van der Waals surface area contributed by atoms with Gasteiger partial charge in [-0.3, -0.25) is 0 Å². The minimum Gasteiger partial charge on any atom is -0.379 e. The molecule has 4 rings (SSSR count). The van der Waals surface area contributed by atoms with Gasteiger partial charge in [0.05, 0.1) is 13.2 Å². The molecule has 0 aromatic heterocycles. The first-order valence-corrected chi connectivity index (χ1v) is 11.2. The molecule has 26 heavy (non-hydrogen) atoms. The molecule has 1 aliphatic heterocycles. The van der Waals surface area contributed by atoms with Crippen LogP contribution in [0.15, 0.2) is 42.5 Å². The van der Waals surface area contributed by atoms with Gasteiger partial charge in [-0.1, -0.05) is 48.9 Å². The Morgan fingerprint density at radius 3 is 2.96 bits per heavy atom. The third-order valence-electron chi connectivity index (χ3n) is 5.83. The van der Waals surface area contributed by atoms with Crippen LogP contribution in [0.5, 0.6) is 0 Å². The highest BCUT2D eigenvalue weighted by molar-refractivity contribution is 7.98. The minimum atomic E-state index is 0.548. The van der Waals surface area contributed by atoms with Crippen LogP contribution < -0.4 is 10.6 Å². The molecule has 0 bridgehead atoms. The van der Waals surface area contributed by atoms with Crippen molar-refractivity contribution >= 4 is 22.5 Å². The Bertz CT molecular complexity index is 696. The van der Waals surface area contributed by atoms with Gasteiger partial charge in [-0.05, 0) is 35.1 Å². The van der Waals surface area contributed by atoms with Crippen LogP contribution in [0.25, 0.3) is 10.8 Å². The Morgan fingerprint density at radius 2 is 2.04 bits per heavy atom. The summed E-state index contributed by atoms with van der Waals surface area (Å²) in [5, 5.41) is 10.2. The Balaban J connectivity index is 1.22. The zero-order valence-electron chi connectivity index (χ0n) is 15.5. The Hall–Kier alpha value is -1.07. The monoisotopic (exact) mass is 370 g/mol. The van der Waals surface area contributed by atoms with Crippen molar-refractivity contribution < 1.29 is 4.74 Å². The maximum absolute atomic E-state index is 5.68. The van der Waals surface area contributed by atoms with Crippen LogP contribution in [-0.2, 0) is 10.5 Å². The average molecular weight is 371 g/mol. The van der Waals surface area contributed by atoms with Gasteiger partial charge in [0.1, 0.15) is 0 Å². The molecular weight excluding hydrogens is 340 g/mol. The number of hydrogen-bond donors (Lipinski definition) is 2. The van der Waals surface area contributed by atoms with Gasteiger partial charge >= 0.3 is 0 Å². The van der Waals surface area contributed by atoms with E-state index in [9.17, 15) is 0 Å². The number of ether oxygens (including phenoxy) is 1. The van der Waals surface area contributed by atoms with Gasteiger partial charge in [-0.2, -0.15) is 11.8 Å². The third kappa shape index (κ3) is 4.42. The van der Waals surface area contributed by atoms with Gasteiger partial charge in [-0.25, -0.2) is 0 Å². The van der Waals surface area contributed by atoms with Crippen LogP contribution in [0, 0.1) is 5.92 Å². The fourth-order valence-electron chi connectivity index (χ4n) is 4.50. The zero-order valence-corrected chi connectivity index (χ0v) is 16.3. The lowest BCUT2D eigenvalue weighted by Crippen LogP contribution is -2.51. The summed E-state index contributed by atoms with van der Waals surface area (Å²) in [6.45, 7) is 3.86. The third-order valence-corrected chi connectivity index (χ3v) is 6.83. The predicted octanol–water partition coefficient (Wildman–Crippen LogP) is 3.82. The normalized spacial score (nSPS) is 26.4. The van der Waals surface area contributed by atoms with E-state index in [1.807, 2.05) is 11.8 Å². The molecule has 2 N–H and O–H groups in total. The molecule has 2 fully saturated rings. The molecule has 1 saturated carbocycles. The molecule has 1 heterocycles. The van der Waals surface area contributed by atoms with E-state index in [0.717, 1.165) is 38.0 Å². The van der Waals surface area contributed by atoms with Gasteiger partial charge in [0.2, 0.25) is 0 Å². The first-order chi connectivity index (χ1) is 12.9. The van der Waals surface area contributed by atoms with E-state index in [1.54, 1.807) is 0 Å². The lowest BCUT2D eigenvalue weighted by atomic mass is 9.94. The van der Waals surface area contributed by atoms with Crippen LogP contribution >= 0.6 is 11.8 Å². The van der Waals surface area contributed by atoms with Crippen molar-refractivity contribution in [3.05, 3.63) is 48.0 Å². The Labute approximate surface area is 161 Å². The lowest BCUT2D eigenvalue weighted by Gasteiger charge is -2.33. The van der Waals surface area contributed by atoms with Crippen LogP contribution in [0.2, 0.25) is 0 Å². The summed E-state index contributed by atoms with van der Waals surface area (Å²) in [5.74, 6) is 2.99. The average Bonchev–Trinajstić information content (AvgIpc) is 3.17. The van der Waals surface area contributed by atoms with E-state index < -0.39 is 0 Å². The van der Waals surface area contributed by atoms with Crippen molar-refractivity contribution in [1.82, 2.24) is 10.6 Å². The summed E-state index contributed by atoms with van der Waals surface area (Å²) >= 11 is 2.04. The summed E-state index contributed by atoms with van der Waals surface area (Å²) in [6, 6.07) is 16.6. The largest absolute Gasteiger partial charge is 0.379 e. The number of thioether (sulfide) groups is 1. The number of nitrogens with one attached hydrogen (secondary N) is 2. The van der Waals surface area contributed by atoms with Gasteiger partial charge in [-0.15, -0.1) is 0 Å². The van der Waals surface area contributed by atoms with Gasteiger partial charge in [0.25, 0.3) is 0 Å². The molecule has 1 aliphatic carbocycles. The van der Waals surface area contributed by atoms with E-state index in [4.69, 9.17) is 4.74 Å². The number of morpholine rings is 1. The molecule has 0 amide bonds. The molecule has 1 saturated heterocycles. The van der Waals surface area contributed by atoms with Crippen molar-refractivity contribution in [3.63, 3.8) is 0 Å². The second kappa shape index (κ2) is 9.23. The molecule has 2 aromatic rings. The Morgan fingerprint density at radius 1 is 1.12 bits per heavy atom. The topological polar surface area (TPSA) is 33.3 Å². The van der Waals surface area contributed by atoms with Crippen LogP contribution in [0.4, 0.5) is 0 Å². The van der Waals surface area contributed by atoms with Crippen molar-refractivity contribution in [3.8, 4) is 0 Å². The van der Waals surface area contributed by atoms with E-state index in [2.05, 4.69) is 53.1 Å². The zero-order chi connectivity index (χ0) is 17.6. The molecule has 3 unspecified atom stereocenters. The molecule has 3 nitrogen and oxygen atoms in total. The van der Waals surface area contributed by atoms with Crippen molar-refractivity contribution in [1.29, 1.82) is 0 Å². The molecule has 0 spiro atoms. The molecule has 4 heteroatoms. The number of benzene rings is 2. The highest BCUT2D eigenvalue weighted by Gasteiger charge is 2.34. The first kappa shape index (κ1) is 18.3. The van der Waals surface area contributed by atoms with E-state index in [1.165, 1.54) is 41.4 Å². The molecule has 2 aliphatic rings. The quantitative estimate of drug-likeness (QED) is 0.726. The van der Waals surface area contributed by atoms with Gasteiger partial charge in [0.15, 0.2) is 0 Å². The van der Waals surface area contributed by atoms with Crippen molar-refractivity contribution in [2.24, 2.45) is 5.92 Å². The molecule has 140 valence electrons. The van der Waals surface area contributed by atoms with E-state index in [-0.39, 0.29) is 0 Å². The fourth-order valence-corrected chi connectivity index (χ4v) is 5.38. The maximum Gasteiger partial charge on any atom is 0.0623 e. The van der Waals surface area contributed by atoms with E-state index in [0.29, 0.717) is 12.1 Å². The summed E-state index contributed by atoms with van der Waals surface area (Å²) < 4.78 is 5.68. The summed E-state index contributed by atoms with van der Waals surface area (Å²) in [7, 11) is 0. The highest BCUT2D eigenvalue weighted by Crippen LogP contribution is 2.29. The second-order valence-corrected chi connectivity index (χ2v) is 8.59. The molecule has 0 radical (unpaired) electrons. The summed E-state index contributed by atoms with van der Waals surface area (Å²) in [4.78, 5) is 0. The standard InChI is InChI=1S/C22H30N2OS/c1-2-8-19-17(5-1)6-3-7-18(19)16-26-14-12-24-21-10-4-9-20(21)22-15-25-13-11-23-22/h1-3,5-8,20-24H,4,9-16H2. The fraction of sp³-hybridized carbons (Fsp3) is 0.545. The first-order valence-electron chi connectivity index (χ1n) is 10.0. The van der Waals surface area contributed by atoms with E-state index >= 15 is 0 Å². The molecule has 3 atom stereocenters. The predicted molar refractivity (Wildman–Crippen MR) is 112 cm³/mol. The smallest absolute Gasteiger partial charge is 0.0623 e. The van der Waals surface area contributed by atoms with Crippen LogP contribution in [-0.4, -0.2) is 44.1 Å². The summed E-state index contributed by atoms with van der Waals surface area (Å²) in [5.41, 5.74) is 1.45. The number of rotatable bonds is 7. The van der Waals surface area contributed by atoms with Crippen LogP contribution in [0.1, 0.15) is 24.8 Å². The van der Waals surface area contributed by atoms with Crippen molar-refractivity contribution in [2.75, 3.05) is 32.1 Å². The molecular formula is C22H30N2OS. The van der Waals surface area contributed by atoms with Gasteiger partial charge in [0, 0.05) is 36.7 Å². The van der Waals surface area contributed by atoms with Crippen LogP contribution in [0.3, 0.4) is 0 Å². The SMILES string of the molecule is c1ccc2c(CSCCNC3CCCC3C3COCCN3)cccc2c1. The number of fused-ring (bicyclic) bond motifs is 1. The van der Waals surface area contributed by atoms with Gasteiger partial charge < -0.3 is 15.4 Å². The second-order valence-electron chi connectivity index (χ2n) is 7.48. The minimum absolute atomic E-state index is 0.548. The Kier molecular flexibility index (Phi) is 6.49. The molecule has 2 aromatic carbocycles. The highest BCUT2D eigenvalue weighted by atomic mass is 32.2. The van der Waals surface area contributed by atoms with Crippen molar-refractivity contribution in [2.45, 2.75) is 37.1 Å².